The van der Waals surface area contributed by atoms with Gasteiger partial charge in [0.1, 0.15) is 0 Å². The topological polar surface area (TPSA) is 29.3 Å². The van der Waals surface area contributed by atoms with Crippen LogP contribution in [0.25, 0.3) is 0 Å². The molecule has 2 unspecified atom stereocenters. The average molecular weight is 280 g/mol. The normalized spacial score (nSPS) is 29.2. The van der Waals surface area contributed by atoms with Crippen molar-refractivity contribution in [3.8, 4) is 0 Å². The second-order valence-corrected chi connectivity index (χ2v) is 6.37. The van der Waals surface area contributed by atoms with Crippen LogP contribution in [-0.4, -0.2) is 36.8 Å². The van der Waals surface area contributed by atoms with Crippen molar-refractivity contribution >= 4 is 0 Å². The van der Waals surface area contributed by atoms with Crippen LogP contribution in [0, 0.1) is 11.8 Å². The van der Waals surface area contributed by atoms with Gasteiger partial charge in [0, 0.05) is 12.1 Å². The molecule has 0 amide bonds. The zero-order valence-electron chi connectivity index (χ0n) is 12.3. The first-order valence-electron chi connectivity index (χ1n) is 7.19. The van der Waals surface area contributed by atoms with E-state index in [2.05, 4.69) is 18.7 Å². The first-order chi connectivity index (χ1) is 8.71. The monoisotopic (exact) mass is 280 g/mol. The van der Waals surface area contributed by atoms with Crippen LogP contribution in [0.3, 0.4) is 0 Å². The van der Waals surface area contributed by atoms with Crippen LogP contribution in [0.2, 0.25) is 0 Å². The van der Waals surface area contributed by atoms with Gasteiger partial charge >= 0.3 is 6.18 Å². The molecule has 0 heterocycles. The van der Waals surface area contributed by atoms with Crippen LogP contribution in [0.4, 0.5) is 13.2 Å². The molecule has 0 aliphatic heterocycles. The van der Waals surface area contributed by atoms with Gasteiger partial charge in [-0.1, -0.05) is 20.3 Å². The van der Waals surface area contributed by atoms with Crippen LogP contribution < -0.4 is 5.73 Å². The maximum Gasteiger partial charge on any atom is 0.391 e. The number of nitrogens with two attached hydrogens (primary N) is 1. The molecule has 1 saturated carbocycles. The highest BCUT2D eigenvalue weighted by atomic mass is 19.4. The smallest absolute Gasteiger partial charge is 0.329 e. The highest BCUT2D eigenvalue weighted by Crippen LogP contribution is 2.43. The summed E-state index contributed by atoms with van der Waals surface area (Å²) in [6.45, 7) is 5.39. The van der Waals surface area contributed by atoms with Crippen molar-refractivity contribution in [3.63, 3.8) is 0 Å². The lowest BCUT2D eigenvalue weighted by molar-refractivity contribution is -0.193. The molecular formula is C14H27F3N2. The fraction of sp³-hybridized carbons (Fsp3) is 1.00. The molecule has 0 saturated heterocycles. The summed E-state index contributed by atoms with van der Waals surface area (Å²) < 4.78 is 38.8. The van der Waals surface area contributed by atoms with Crippen molar-refractivity contribution in [1.29, 1.82) is 0 Å². The molecular weight excluding hydrogens is 253 g/mol. The zero-order valence-corrected chi connectivity index (χ0v) is 12.3. The molecule has 114 valence electrons. The van der Waals surface area contributed by atoms with Gasteiger partial charge in [-0.15, -0.1) is 0 Å². The van der Waals surface area contributed by atoms with Gasteiger partial charge in [0.2, 0.25) is 0 Å². The SMILES string of the molecule is CC(C)CCN(C)C1(CN)CCCC(C(F)(F)F)C1. The van der Waals surface area contributed by atoms with E-state index in [4.69, 9.17) is 5.73 Å². The Labute approximate surface area is 114 Å². The van der Waals surface area contributed by atoms with Crippen molar-refractivity contribution in [2.45, 2.75) is 57.7 Å². The fourth-order valence-electron chi connectivity index (χ4n) is 3.00. The Kier molecular flexibility index (Phi) is 5.68. The molecule has 1 rings (SSSR count). The summed E-state index contributed by atoms with van der Waals surface area (Å²) in [6, 6.07) is 0. The van der Waals surface area contributed by atoms with Crippen LogP contribution in [0.15, 0.2) is 0 Å². The van der Waals surface area contributed by atoms with Gasteiger partial charge in [-0.2, -0.15) is 13.2 Å². The summed E-state index contributed by atoms with van der Waals surface area (Å²) in [7, 11) is 1.92. The molecule has 0 aromatic carbocycles. The maximum absolute atomic E-state index is 12.9. The maximum atomic E-state index is 12.9. The summed E-state index contributed by atoms with van der Waals surface area (Å²) in [6.07, 6.45) is -1.28. The summed E-state index contributed by atoms with van der Waals surface area (Å²) in [5.74, 6) is -0.634. The van der Waals surface area contributed by atoms with Gasteiger partial charge in [-0.05, 0) is 45.2 Å². The summed E-state index contributed by atoms with van der Waals surface area (Å²) >= 11 is 0. The Morgan fingerprint density at radius 1 is 1.37 bits per heavy atom. The number of hydrogen-bond acceptors (Lipinski definition) is 2. The summed E-state index contributed by atoms with van der Waals surface area (Å²) in [5, 5.41) is 0. The Hall–Kier alpha value is -0.290. The quantitative estimate of drug-likeness (QED) is 0.836. The van der Waals surface area contributed by atoms with Crippen molar-refractivity contribution in [2.75, 3.05) is 20.1 Å². The van der Waals surface area contributed by atoms with Gasteiger partial charge in [-0.25, -0.2) is 0 Å². The Bertz CT molecular complexity index is 278. The van der Waals surface area contributed by atoms with E-state index >= 15 is 0 Å². The van der Waals surface area contributed by atoms with E-state index in [-0.39, 0.29) is 12.8 Å². The Balaban J connectivity index is 2.73. The van der Waals surface area contributed by atoms with Crippen LogP contribution in [-0.2, 0) is 0 Å². The van der Waals surface area contributed by atoms with E-state index in [1.54, 1.807) is 0 Å². The molecule has 0 aromatic heterocycles. The number of rotatable bonds is 5. The molecule has 1 aliphatic rings. The minimum atomic E-state index is -4.08. The first-order valence-corrected chi connectivity index (χ1v) is 7.19. The van der Waals surface area contributed by atoms with E-state index in [1.165, 1.54) is 0 Å². The third-order valence-corrected chi connectivity index (χ3v) is 4.52. The first kappa shape index (κ1) is 16.8. The predicted molar refractivity (Wildman–Crippen MR) is 71.9 cm³/mol. The van der Waals surface area contributed by atoms with Gasteiger partial charge in [0.15, 0.2) is 0 Å². The number of likely N-dealkylation sites (N-methyl/N-ethyl adjacent to an activating group) is 1. The van der Waals surface area contributed by atoms with E-state index in [0.717, 1.165) is 19.4 Å². The molecule has 0 aromatic rings. The van der Waals surface area contributed by atoms with Crippen LogP contribution in [0.1, 0.15) is 46.0 Å². The number of nitrogens with zero attached hydrogens (tertiary/aromatic N) is 1. The van der Waals surface area contributed by atoms with Crippen LogP contribution >= 0.6 is 0 Å². The van der Waals surface area contributed by atoms with Gasteiger partial charge in [0.05, 0.1) is 5.92 Å². The van der Waals surface area contributed by atoms with Crippen molar-refractivity contribution < 1.29 is 13.2 Å². The fourth-order valence-corrected chi connectivity index (χ4v) is 3.00. The summed E-state index contributed by atoms with van der Waals surface area (Å²) in [5.41, 5.74) is 5.38. The standard InChI is InChI=1S/C14H27F3N2/c1-11(2)6-8-19(3)13(10-18)7-4-5-12(9-13)14(15,16)17/h11-12H,4-10,18H2,1-3H3. The molecule has 0 radical (unpaired) electrons. The van der Waals surface area contributed by atoms with E-state index < -0.39 is 17.6 Å². The highest BCUT2D eigenvalue weighted by Gasteiger charge is 2.48. The van der Waals surface area contributed by atoms with Crippen molar-refractivity contribution in [1.82, 2.24) is 4.90 Å². The van der Waals surface area contributed by atoms with Crippen molar-refractivity contribution in [2.24, 2.45) is 17.6 Å². The molecule has 2 atom stereocenters. The molecule has 0 bridgehead atoms. The Morgan fingerprint density at radius 2 is 2.00 bits per heavy atom. The molecule has 1 aliphatic carbocycles. The van der Waals surface area contributed by atoms with E-state index in [1.807, 2.05) is 7.05 Å². The van der Waals surface area contributed by atoms with E-state index in [9.17, 15) is 13.2 Å². The highest BCUT2D eigenvalue weighted by molar-refractivity contribution is 4.97. The third-order valence-electron chi connectivity index (χ3n) is 4.52. The summed E-state index contributed by atoms with van der Waals surface area (Å²) in [4.78, 5) is 2.07. The van der Waals surface area contributed by atoms with Crippen LogP contribution in [0.5, 0.6) is 0 Å². The number of alkyl halides is 3. The second-order valence-electron chi connectivity index (χ2n) is 6.37. The number of halogens is 3. The number of hydrogen-bond donors (Lipinski definition) is 1. The lowest BCUT2D eigenvalue weighted by atomic mass is 9.74. The predicted octanol–water partition coefficient (Wildman–Crippen LogP) is 3.41. The Morgan fingerprint density at radius 3 is 2.47 bits per heavy atom. The second kappa shape index (κ2) is 6.44. The third kappa shape index (κ3) is 4.35. The van der Waals surface area contributed by atoms with Gasteiger partial charge in [-0.3, -0.25) is 4.90 Å². The molecule has 5 heteroatoms. The molecule has 1 fully saturated rings. The lowest BCUT2D eigenvalue weighted by Crippen LogP contribution is -2.56. The average Bonchev–Trinajstić information content (AvgIpc) is 2.34. The largest absolute Gasteiger partial charge is 0.391 e. The lowest BCUT2D eigenvalue weighted by Gasteiger charge is -2.47. The van der Waals surface area contributed by atoms with Crippen molar-refractivity contribution in [3.05, 3.63) is 0 Å². The minimum absolute atomic E-state index is 0.154. The van der Waals surface area contributed by atoms with E-state index in [0.29, 0.717) is 18.9 Å². The molecule has 2 nitrogen and oxygen atoms in total. The van der Waals surface area contributed by atoms with Gasteiger partial charge < -0.3 is 5.73 Å². The zero-order chi connectivity index (χ0) is 14.7. The molecule has 0 spiro atoms. The molecule has 2 N–H and O–H groups in total. The van der Waals surface area contributed by atoms with Gasteiger partial charge in [0.25, 0.3) is 0 Å². The minimum Gasteiger partial charge on any atom is -0.329 e. The molecule has 19 heavy (non-hydrogen) atoms.